The maximum Gasteiger partial charge on any atom is 0.271 e. The summed E-state index contributed by atoms with van der Waals surface area (Å²) in [5.41, 5.74) is -0.509. The van der Waals surface area contributed by atoms with E-state index in [-0.39, 0.29) is 5.69 Å². The summed E-state index contributed by atoms with van der Waals surface area (Å²) in [6, 6.07) is 4.21. The van der Waals surface area contributed by atoms with E-state index in [9.17, 15) is 27.7 Å². The lowest BCUT2D eigenvalue weighted by atomic mass is 10.2. The first-order chi connectivity index (χ1) is 9.20. The van der Waals surface area contributed by atoms with Gasteiger partial charge in [-0.25, -0.2) is 13.1 Å². The quantitative estimate of drug-likeness (QED) is 0.702. The number of nitrogens with zero attached hydrogens (tertiary/aromatic N) is 1. The van der Waals surface area contributed by atoms with Crippen LogP contribution >= 0.6 is 0 Å². The van der Waals surface area contributed by atoms with Crippen molar-refractivity contribution in [1.29, 1.82) is 0 Å². The highest BCUT2D eigenvalue weighted by Gasteiger charge is 2.10. The van der Waals surface area contributed by atoms with Crippen LogP contribution in [-0.2, 0) is 10.1 Å². The topological polar surface area (TPSA) is 135 Å². The third kappa shape index (κ3) is 2.49. The molecule has 106 valence electrons. The van der Waals surface area contributed by atoms with Crippen LogP contribution in [0.1, 0.15) is 16.1 Å². The van der Waals surface area contributed by atoms with Crippen LogP contribution in [0.2, 0.25) is 0 Å². The molecule has 0 saturated heterocycles. The van der Waals surface area contributed by atoms with Crippen molar-refractivity contribution in [3.8, 4) is 5.69 Å². The summed E-state index contributed by atoms with van der Waals surface area (Å²) in [5.74, 6) is -1.54. The lowest BCUT2D eigenvalue weighted by Crippen LogP contribution is -2.23. The van der Waals surface area contributed by atoms with E-state index in [4.69, 9.17) is 0 Å². The van der Waals surface area contributed by atoms with Gasteiger partial charge in [0.1, 0.15) is 10.1 Å². The van der Waals surface area contributed by atoms with Gasteiger partial charge in [-0.1, -0.05) is 0 Å². The van der Waals surface area contributed by atoms with E-state index in [2.05, 4.69) is 5.10 Å². The largest absolute Gasteiger partial charge is 0.744 e. The highest BCUT2D eigenvalue weighted by Crippen LogP contribution is 2.17. The molecule has 8 nitrogen and oxygen atoms in total. The Balaban J connectivity index is 2.60. The van der Waals surface area contributed by atoms with Crippen molar-refractivity contribution >= 4 is 16.1 Å². The number of H-pyrrole nitrogens is 1. The maximum atomic E-state index is 11.6. The molecular formula is C11H8N2O6S-2. The van der Waals surface area contributed by atoms with Crippen LogP contribution in [0, 0.1) is 6.92 Å². The van der Waals surface area contributed by atoms with Gasteiger partial charge in [0, 0.05) is 6.07 Å². The van der Waals surface area contributed by atoms with E-state index in [1.54, 1.807) is 0 Å². The Morgan fingerprint density at radius 2 is 1.95 bits per heavy atom. The Labute approximate surface area is 113 Å². The molecule has 0 atom stereocenters. The highest BCUT2D eigenvalue weighted by molar-refractivity contribution is 7.85. The van der Waals surface area contributed by atoms with E-state index >= 15 is 0 Å². The molecule has 0 amide bonds. The summed E-state index contributed by atoms with van der Waals surface area (Å²) in [5, 5.41) is 13.0. The number of aromatic carboxylic acids is 1. The second kappa shape index (κ2) is 4.62. The molecule has 0 saturated carbocycles. The fourth-order valence-electron chi connectivity index (χ4n) is 1.71. The zero-order valence-electron chi connectivity index (χ0n) is 10.1. The molecule has 0 bridgehead atoms. The molecule has 9 heteroatoms. The van der Waals surface area contributed by atoms with Gasteiger partial charge in [-0.15, -0.1) is 0 Å². The number of aromatic nitrogens is 2. The van der Waals surface area contributed by atoms with E-state index in [1.807, 2.05) is 0 Å². The first-order valence-electron chi connectivity index (χ1n) is 5.30. The molecule has 2 rings (SSSR count). The van der Waals surface area contributed by atoms with Crippen LogP contribution in [0.4, 0.5) is 0 Å². The molecule has 20 heavy (non-hydrogen) atoms. The zero-order valence-corrected chi connectivity index (χ0v) is 10.9. The molecule has 1 heterocycles. The number of benzene rings is 1. The van der Waals surface area contributed by atoms with Gasteiger partial charge in [0.15, 0.2) is 0 Å². The number of rotatable bonds is 3. The summed E-state index contributed by atoms with van der Waals surface area (Å²) in [4.78, 5) is 21.9. The summed E-state index contributed by atoms with van der Waals surface area (Å²) in [6.45, 7) is 1.48. The number of hydrogen-bond acceptors (Lipinski definition) is 6. The minimum absolute atomic E-state index is 0.231. The minimum atomic E-state index is -4.59. The summed E-state index contributed by atoms with van der Waals surface area (Å²) in [6.07, 6.45) is 0. The summed E-state index contributed by atoms with van der Waals surface area (Å²) in [7, 11) is -4.59. The van der Waals surface area contributed by atoms with Crippen LogP contribution in [-0.4, -0.2) is 28.7 Å². The van der Waals surface area contributed by atoms with Gasteiger partial charge in [-0.3, -0.25) is 9.89 Å². The number of carbonyl (C=O) groups is 1. The van der Waals surface area contributed by atoms with Crippen molar-refractivity contribution in [3.05, 3.63) is 45.9 Å². The molecular weight excluding hydrogens is 288 g/mol. The molecule has 0 spiro atoms. The van der Waals surface area contributed by atoms with Crippen molar-refractivity contribution in [3.63, 3.8) is 0 Å². The van der Waals surface area contributed by atoms with Crippen molar-refractivity contribution in [1.82, 2.24) is 9.78 Å². The first kappa shape index (κ1) is 14.0. The molecule has 0 radical (unpaired) electrons. The fourth-order valence-corrected chi connectivity index (χ4v) is 2.27. The monoisotopic (exact) mass is 296 g/mol. The van der Waals surface area contributed by atoms with E-state index in [1.165, 1.54) is 13.0 Å². The third-order valence-electron chi connectivity index (χ3n) is 2.64. The average Bonchev–Trinajstić information content (AvgIpc) is 2.70. The smallest absolute Gasteiger partial charge is 0.271 e. The number of aryl methyl sites for hydroxylation is 1. The SMILES string of the molecule is Cc1cc(S(=O)(=O)[O-])ccc1-n1[nH]c(C(=O)[O-])cc1=O. The van der Waals surface area contributed by atoms with E-state index in [0.29, 0.717) is 5.56 Å². The minimum Gasteiger partial charge on any atom is -0.744 e. The predicted octanol–water partition coefficient (Wildman–Crippen LogP) is -1.26. The zero-order chi connectivity index (χ0) is 15.1. The average molecular weight is 296 g/mol. The molecule has 1 aromatic carbocycles. The van der Waals surface area contributed by atoms with Gasteiger partial charge in [0.25, 0.3) is 5.56 Å². The number of carboxylic acid groups (broad SMARTS) is 1. The first-order valence-corrected chi connectivity index (χ1v) is 6.71. The van der Waals surface area contributed by atoms with E-state index in [0.717, 1.165) is 22.9 Å². The fraction of sp³-hybridized carbons (Fsp3) is 0.0909. The number of carbonyl (C=O) groups excluding carboxylic acids is 1. The second-order valence-electron chi connectivity index (χ2n) is 4.03. The third-order valence-corrected chi connectivity index (χ3v) is 3.47. The van der Waals surface area contributed by atoms with Gasteiger partial charge in [-0.2, -0.15) is 0 Å². The maximum absolute atomic E-state index is 11.6. The van der Waals surface area contributed by atoms with Crippen molar-refractivity contribution in [2.24, 2.45) is 0 Å². The van der Waals surface area contributed by atoms with Gasteiger partial charge < -0.3 is 14.5 Å². The van der Waals surface area contributed by atoms with E-state index < -0.39 is 32.2 Å². The number of aromatic amines is 1. The second-order valence-corrected chi connectivity index (χ2v) is 5.41. The van der Waals surface area contributed by atoms with Gasteiger partial charge in [0.05, 0.1) is 22.2 Å². The Morgan fingerprint density at radius 3 is 2.40 bits per heavy atom. The van der Waals surface area contributed by atoms with Crippen molar-refractivity contribution in [2.45, 2.75) is 11.8 Å². The van der Waals surface area contributed by atoms with Crippen LogP contribution < -0.4 is 10.7 Å². The van der Waals surface area contributed by atoms with Gasteiger partial charge >= 0.3 is 0 Å². The number of nitrogens with one attached hydrogen (secondary N) is 1. The molecule has 2 aromatic rings. The summed E-state index contributed by atoms with van der Waals surface area (Å²) < 4.78 is 33.5. The van der Waals surface area contributed by atoms with Crippen LogP contribution in [0.15, 0.2) is 34.0 Å². The molecule has 0 fully saturated rings. The molecule has 0 aliphatic carbocycles. The normalized spacial score (nSPS) is 11.5. The number of carboxylic acids is 1. The molecule has 0 aliphatic heterocycles. The Kier molecular flexibility index (Phi) is 3.24. The molecule has 1 N–H and O–H groups in total. The Hall–Kier alpha value is -2.39. The Bertz CT molecular complexity index is 846. The van der Waals surface area contributed by atoms with Crippen LogP contribution in [0.3, 0.4) is 0 Å². The Morgan fingerprint density at radius 1 is 1.30 bits per heavy atom. The van der Waals surface area contributed by atoms with Gasteiger partial charge in [0.2, 0.25) is 0 Å². The van der Waals surface area contributed by atoms with Gasteiger partial charge in [-0.05, 0) is 30.7 Å². The van der Waals surface area contributed by atoms with Crippen LogP contribution in [0.25, 0.3) is 5.69 Å². The van der Waals surface area contributed by atoms with Crippen molar-refractivity contribution in [2.75, 3.05) is 0 Å². The van der Waals surface area contributed by atoms with Crippen LogP contribution in [0.5, 0.6) is 0 Å². The predicted molar refractivity (Wildman–Crippen MR) is 63.4 cm³/mol. The summed E-state index contributed by atoms with van der Waals surface area (Å²) >= 11 is 0. The molecule has 0 unspecified atom stereocenters. The lowest BCUT2D eigenvalue weighted by molar-refractivity contribution is -0.255. The van der Waals surface area contributed by atoms with Crippen molar-refractivity contribution < 1.29 is 22.9 Å². The standard InChI is InChI=1S/C11H10N2O6S/c1-6-4-7(20(17,18)19)2-3-9(6)13-10(14)5-8(12-13)11(15)16/h2-5,12H,1H3,(H,15,16)(H,17,18,19)/p-2. The lowest BCUT2D eigenvalue weighted by Gasteiger charge is -2.11. The molecule has 1 aromatic heterocycles. The molecule has 0 aliphatic rings. The number of hydrogen-bond donors (Lipinski definition) is 1. The highest BCUT2D eigenvalue weighted by atomic mass is 32.2.